The molecule has 3 aromatic rings. The number of anilines is 2. The summed E-state index contributed by atoms with van der Waals surface area (Å²) in [5.41, 5.74) is 7.93. The normalized spacial score (nSPS) is 14.5. The van der Waals surface area contributed by atoms with Crippen LogP contribution in [0.5, 0.6) is 5.75 Å². The van der Waals surface area contributed by atoms with Crippen molar-refractivity contribution in [2.45, 2.75) is 26.4 Å². The van der Waals surface area contributed by atoms with E-state index in [0.29, 0.717) is 24.5 Å². The van der Waals surface area contributed by atoms with Crippen LogP contribution in [0.2, 0.25) is 0 Å². The number of aromatic nitrogens is 3. The van der Waals surface area contributed by atoms with Crippen molar-refractivity contribution in [3.05, 3.63) is 48.5 Å². The van der Waals surface area contributed by atoms with Gasteiger partial charge in [-0.2, -0.15) is 9.67 Å². The Morgan fingerprint density at radius 2 is 1.62 bits per heavy atom. The van der Waals surface area contributed by atoms with E-state index >= 15 is 0 Å². The Kier molecular flexibility index (Phi) is 5.65. The van der Waals surface area contributed by atoms with Crippen LogP contribution in [-0.4, -0.2) is 62.6 Å². The molecular weight excluding hydrogens is 408 g/mol. The van der Waals surface area contributed by atoms with Gasteiger partial charge in [0.25, 0.3) is 0 Å². The number of hydrogen-bond donors (Lipinski definition) is 2. The molecule has 2 aromatic carbocycles. The van der Waals surface area contributed by atoms with Crippen molar-refractivity contribution in [1.29, 1.82) is 0 Å². The van der Waals surface area contributed by atoms with Crippen LogP contribution in [0.3, 0.4) is 0 Å². The van der Waals surface area contributed by atoms with Crippen molar-refractivity contribution >= 4 is 17.7 Å². The summed E-state index contributed by atoms with van der Waals surface area (Å²) in [6, 6.07) is 14.7. The van der Waals surface area contributed by atoms with Gasteiger partial charge < -0.3 is 25.4 Å². The molecule has 0 atom stereocenters. The van der Waals surface area contributed by atoms with E-state index in [4.69, 9.17) is 10.5 Å². The molecule has 4 rings (SSSR count). The molecule has 0 unspecified atom stereocenters. The zero-order valence-electron chi connectivity index (χ0n) is 18.5. The number of benzene rings is 2. The molecule has 1 saturated heterocycles. The first-order valence-electron chi connectivity index (χ1n) is 10.6. The Balaban J connectivity index is 1.44. The van der Waals surface area contributed by atoms with Gasteiger partial charge in [0.15, 0.2) is 5.82 Å². The zero-order valence-corrected chi connectivity index (χ0v) is 18.5. The first kappa shape index (κ1) is 21.5. The summed E-state index contributed by atoms with van der Waals surface area (Å²) in [6.45, 7) is 8.28. The standard InChI is InChI=1S/C23H28N6O3/c1-23(2,3)32-22(31)28-14-12-27(13-15-28)16-8-10-17(11-9-16)29-21(24)25-20(26-29)18-6-4-5-7-19(18)30/h4-11,30H,12-15H2,1-3H3,(H2,24,25,26). The van der Waals surface area contributed by atoms with Crippen LogP contribution < -0.4 is 10.6 Å². The molecule has 0 aliphatic carbocycles. The van der Waals surface area contributed by atoms with E-state index in [1.807, 2.05) is 51.1 Å². The smallest absolute Gasteiger partial charge is 0.410 e. The lowest BCUT2D eigenvalue weighted by Crippen LogP contribution is -2.50. The fraction of sp³-hybridized carbons (Fsp3) is 0.348. The van der Waals surface area contributed by atoms with E-state index in [-0.39, 0.29) is 17.8 Å². The summed E-state index contributed by atoms with van der Waals surface area (Å²) >= 11 is 0. The number of para-hydroxylation sites is 1. The van der Waals surface area contributed by atoms with Gasteiger partial charge in [-0.15, -0.1) is 5.10 Å². The largest absolute Gasteiger partial charge is 0.507 e. The number of phenols is 1. The van der Waals surface area contributed by atoms with Gasteiger partial charge >= 0.3 is 6.09 Å². The number of aromatic hydroxyl groups is 1. The number of piperazine rings is 1. The number of nitrogen functional groups attached to an aromatic ring is 1. The van der Waals surface area contributed by atoms with E-state index in [0.717, 1.165) is 24.5 Å². The average molecular weight is 437 g/mol. The summed E-state index contributed by atoms with van der Waals surface area (Å²) in [5.74, 6) is 0.704. The molecule has 2 heterocycles. The summed E-state index contributed by atoms with van der Waals surface area (Å²) in [6.07, 6.45) is -0.269. The Bertz CT molecular complexity index is 1100. The van der Waals surface area contributed by atoms with E-state index in [2.05, 4.69) is 15.0 Å². The van der Waals surface area contributed by atoms with Crippen LogP contribution in [0.1, 0.15) is 20.8 Å². The van der Waals surface area contributed by atoms with Gasteiger partial charge in [0.05, 0.1) is 11.3 Å². The Labute approximate surface area is 187 Å². The highest BCUT2D eigenvalue weighted by Gasteiger charge is 2.26. The Morgan fingerprint density at radius 1 is 1.00 bits per heavy atom. The van der Waals surface area contributed by atoms with E-state index in [9.17, 15) is 9.90 Å². The molecule has 0 radical (unpaired) electrons. The monoisotopic (exact) mass is 436 g/mol. The first-order valence-corrected chi connectivity index (χ1v) is 10.6. The lowest BCUT2D eigenvalue weighted by Gasteiger charge is -2.36. The van der Waals surface area contributed by atoms with Crippen LogP contribution in [0.15, 0.2) is 48.5 Å². The van der Waals surface area contributed by atoms with Gasteiger partial charge in [-0.3, -0.25) is 0 Å². The molecule has 3 N–H and O–H groups in total. The molecule has 0 bridgehead atoms. The number of carbonyl (C=O) groups is 1. The number of carbonyl (C=O) groups excluding carboxylic acids is 1. The number of rotatable bonds is 3. The second-order valence-corrected chi connectivity index (χ2v) is 8.69. The van der Waals surface area contributed by atoms with Crippen LogP contribution in [0.25, 0.3) is 17.1 Å². The highest BCUT2D eigenvalue weighted by Crippen LogP contribution is 2.28. The van der Waals surface area contributed by atoms with Crippen molar-refractivity contribution in [1.82, 2.24) is 19.7 Å². The lowest BCUT2D eigenvalue weighted by atomic mass is 10.2. The second kappa shape index (κ2) is 8.41. The topological polar surface area (TPSA) is 110 Å². The van der Waals surface area contributed by atoms with Gasteiger partial charge in [0, 0.05) is 31.9 Å². The van der Waals surface area contributed by atoms with Gasteiger partial charge in [0.2, 0.25) is 5.95 Å². The Morgan fingerprint density at radius 3 is 2.25 bits per heavy atom. The van der Waals surface area contributed by atoms with Gasteiger partial charge in [-0.1, -0.05) is 12.1 Å². The van der Waals surface area contributed by atoms with E-state index in [1.165, 1.54) is 0 Å². The maximum absolute atomic E-state index is 12.3. The molecule has 9 heteroatoms. The van der Waals surface area contributed by atoms with Crippen molar-refractivity contribution in [3.8, 4) is 22.8 Å². The highest BCUT2D eigenvalue weighted by molar-refractivity contribution is 5.69. The number of hydrogen-bond acceptors (Lipinski definition) is 7. The molecule has 1 aromatic heterocycles. The first-order chi connectivity index (χ1) is 15.2. The fourth-order valence-electron chi connectivity index (χ4n) is 3.57. The maximum Gasteiger partial charge on any atom is 0.410 e. The van der Waals surface area contributed by atoms with Crippen molar-refractivity contribution < 1.29 is 14.6 Å². The molecule has 32 heavy (non-hydrogen) atoms. The van der Waals surface area contributed by atoms with Gasteiger partial charge in [0.1, 0.15) is 11.4 Å². The molecule has 1 amide bonds. The summed E-state index contributed by atoms with van der Waals surface area (Å²) in [4.78, 5) is 20.5. The van der Waals surface area contributed by atoms with Crippen LogP contribution in [0, 0.1) is 0 Å². The molecule has 1 aliphatic rings. The average Bonchev–Trinajstić information content (AvgIpc) is 3.14. The van der Waals surface area contributed by atoms with Crippen LogP contribution in [-0.2, 0) is 4.74 Å². The van der Waals surface area contributed by atoms with Crippen molar-refractivity contribution in [2.75, 3.05) is 36.8 Å². The van der Waals surface area contributed by atoms with Gasteiger partial charge in [-0.05, 0) is 57.2 Å². The lowest BCUT2D eigenvalue weighted by molar-refractivity contribution is 0.0240. The number of phenolic OH excluding ortho intramolecular Hbond substituents is 1. The van der Waals surface area contributed by atoms with E-state index in [1.54, 1.807) is 27.8 Å². The highest BCUT2D eigenvalue weighted by atomic mass is 16.6. The number of amides is 1. The van der Waals surface area contributed by atoms with Crippen LogP contribution >= 0.6 is 0 Å². The number of nitrogens with zero attached hydrogens (tertiary/aromatic N) is 5. The predicted molar refractivity (Wildman–Crippen MR) is 123 cm³/mol. The molecule has 0 saturated carbocycles. The summed E-state index contributed by atoms with van der Waals surface area (Å²) < 4.78 is 7.01. The molecule has 1 fully saturated rings. The van der Waals surface area contributed by atoms with Crippen LogP contribution in [0.4, 0.5) is 16.4 Å². The molecular formula is C23H28N6O3. The Hall–Kier alpha value is -3.75. The second-order valence-electron chi connectivity index (χ2n) is 8.69. The molecule has 168 valence electrons. The summed E-state index contributed by atoms with van der Waals surface area (Å²) in [5, 5.41) is 14.5. The zero-order chi connectivity index (χ0) is 22.9. The predicted octanol–water partition coefficient (Wildman–Crippen LogP) is 3.28. The van der Waals surface area contributed by atoms with Crippen molar-refractivity contribution in [2.24, 2.45) is 0 Å². The third-order valence-electron chi connectivity index (χ3n) is 5.17. The van der Waals surface area contributed by atoms with Crippen molar-refractivity contribution in [3.63, 3.8) is 0 Å². The third-order valence-corrected chi connectivity index (χ3v) is 5.17. The minimum atomic E-state index is -0.494. The minimum Gasteiger partial charge on any atom is -0.507 e. The third kappa shape index (κ3) is 4.61. The molecule has 0 spiro atoms. The SMILES string of the molecule is CC(C)(C)OC(=O)N1CCN(c2ccc(-n3nc(-c4ccccc4O)nc3N)cc2)CC1. The summed E-state index contributed by atoms with van der Waals surface area (Å²) in [7, 11) is 0. The molecule has 9 nitrogen and oxygen atoms in total. The fourth-order valence-corrected chi connectivity index (χ4v) is 3.57. The quantitative estimate of drug-likeness (QED) is 0.648. The minimum absolute atomic E-state index is 0.102. The molecule has 1 aliphatic heterocycles. The maximum atomic E-state index is 12.3. The number of nitrogens with two attached hydrogens (primary N) is 1. The van der Waals surface area contributed by atoms with E-state index < -0.39 is 5.60 Å². The number of ether oxygens (including phenoxy) is 1. The van der Waals surface area contributed by atoms with Gasteiger partial charge in [-0.25, -0.2) is 4.79 Å².